The van der Waals surface area contributed by atoms with Crippen molar-refractivity contribution in [1.82, 2.24) is 5.32 Å². The van der Waals surface area contributed by atoms with Crippen molar-refractivity contribution in [2.24, 2.45) is 5.41 Å². The quantitative estimate of drug-likeness (QED) is 0.882. The summed E-state index contributed by atoms with van der Waals surface area (Å²) in [5, 5.41) is 14.0. The van der Waals surface area contributed by atoms with Gasteiger partial charge >= 0.3 is 0 Å². The van der Waals surface area contributed by atoms with Crippen LogP contribution in [0.2, 0.25) is 0 Å². The van der Waals surface area contributed by atoms with Crippen molar-refractivity contribution in [2.75, 3.05) is 5.32 Å². The largest absolute Gasteiger partial charge is 0.351 e. The Kier molecular flexibility index (Phi) is 5.27. The first kappa shape index (κ1) is 15.7. The molecule has 5 nitrogen and oxygen atoms in total. The van der Waals surface area contributed by atoms with E-state index in [9.17, 15) is 9.59 Å². The lowest BCUT2D eigenvalue weighted by atomic mass is 9.95. The highest BCUT2D eigenvalue weighted by Crippen LogP contribution is 2.17. The van der Waals surface area contributed by atoms with E-state index in [-0.39, 0.29) is 18.2 Å². The number of anilines is 1. The van der Waals surface area contributed by atoms with Gasteiger partial charge in [-0.25, -0.2) is 0 Å². The van der Waals surface area contributed by atoms with Gasteiger partial charge in [0.15, 0.2) is 0 Å². The Morgan fingerprint density at radius 3 is 2.50 bits per heavy atom. The molecule has 0 saturated heterocycles. The summed E-state index contributed by atoms with van der Waals surface area (Å²) >= 11 is 0. The Bertz CT molecular complexity index is 539. The third kappa shape index (κ3) is 4.73. The Labute approximate surface area is 119 Å². The van der Waals surface area contributed by atoms with Crippen LogP contribution in [0.1, 0.15) is 32.8 Å². The highest BCUT2D eigenvalue weighted by Gasteiger charge is 2.20. The molecular weight excluding hydrogens is 254 g/mol. The number of nitriles is 1. The fourth-order valence-corrected chi connectivity index (χ4v) is 1.50. The first-order valence-electron chi connectivity index (χ1n) is 6.37. The molecule has 0 bridgehead atoms. The van der Waals surface area contributed by atoms with Gasteiger partial charge in [0.05, 0.1) is 6.07 Å². The highest BCUT2D eigenvalue weighted by molar-refractivity contribution is 5.92. The molecule has 0 aliphatic rings. The fraction of sp³-hybridized carbons (Fsp3) is 0.400. The minimum absolute atomic E-state index is 0.0596. The third-order valence-electron chi connectivity index (χ3n) is 2.65. The standard InChI is InChI=1S/C15H19N3O2/c1-15(2,3)14(20)17-10-11-6-4-5-7-12(11)18-13(19)8-9-16/h4-7H,8,10H2,1-3H3,(H,17,20)(H,18,19). The molecule has 0 atom stereocenters. The van der Waals surface area contributed by atoms with E-state index in [0.717, 1.165) is 5.56 Å². The van der Waals surface area contributed by atoms with E-state index in [4.69, 9.17) is 5.26 Å². The molecule has 0 fully saturated rings. The predicted octanol–water partition coefficient (Wildman–Crippen LogP) is 2.20. The van der Waals surface area contributed by atoms with Gasteiger partial charge in [0.1, 0.15) is 6.42 Å². The van der Waals surface area contributed by atoms with Gasteiger partial charge < -0.3 is 10.6 Å². The Hall–Kier alpha value is -2.35. The van der Waals surface area contributed by atoms with Crippen molar-refractivity contribution in [3.05, 3.63) is 29.8 Å². The normalized spacial score (nSPS) is 10.5. The molecule has 0 aliphatic heterocycles. The lowest BCUT2D eigenvalue weighted by Gasteiger charge is -2.18. The number of carbonyl (C=O) groups excluding carboxylic acids is 2. The van der Waals surface area contributed by atoms with Crippen molar-refractivity contribution in [3.63, 3.8) is 0 Å². The molecule has 106 valence electrons. The van der Waals surface area contributed by atoms with Gasteiger partial charge in [0.2, 0.25) is 11.8 Å². The molecule has 0 spiro atoms. The second-order valence-corrected chi connectivity index (χ2v) is 5.47. The van der Waals surface area contributed by atoms with Crippen LogP contribution in [0, 0.1) is 16.7 Å². The fourth-order valence-electron chi connectivity index (χ4n) is 1.50. The lowest BCUT2D eigenvalue weighted by Crippen LogP contribution is -2.34. The number of rotatable bonds is 4. The summed E-state index contributed by atoms with van der Waals surface area (Å²) in [4.78, 5) is 23.3. The maximum absolute atomic E-state index is 11.8. The summed E-state index contributed by atoms with van der Waals surface area (Å²) < 4.78 is 0. The van der Waals surface area contributed by atoms with E-state index >= 15 is 0 Å². The van der Waals surface area contributed by atoms with Crippen LogP contribution in [0.5, 0.6) is 0 Å². The first-order valence-corrected chi connectivity index (χ1v) is 6.37. The van der Waals surface area contributed by atoms with Crippen molar-refractivity contribution >= 4 is 17.5 Å². The van der Waals surface area contributed by atoms with Crippen LogP contribution in [-0.2, 0) is 16.1 Å². The molecule has 1 aromatic rings. The van der Waals surface area contributed by atoms with E-state index in [1.165, 1.54) is 0 Å². The topological polar surface area (TPSA) is 82.0 Å². The van der Waals surface area contributed by atoms with Crippen molar-refractivity contribution in [1.29, 1.82) is 5.26 Å². The van der Waals surface area contributed by atoms with Crippen LogP contribution in [0.4, 0.5) is 5.69 Å². The zero-order chi connectivity index (χ0) is 15.2. The molecule has 1 aromatic carbocycles. The second-order valence-electron chi connectivity index (χ2n) is 5.47. The molecule has 2 N–H and O–H groups in total. The lowest BCUT2D eigenvalue weighted by molar-refractivity contribution is -0.128. The summed E-state index contributed by atoms with van der Waals surface area (Å²) in [5.74, 6) is -0.419. The summed E-state index contributed by atoms with van der Waals surface area (Å²) in [6.45, 7) is 5.84. The third-order valence-corrected chi connectivity index (χ3v) is 2.65. The minimum atomic E-state index is -0.459. The average molecular weight is 273 g/mol. The van der Waals surface area contributed by atoms with Crippen LogP contribution >= 0.6 is 0 Å². The number of para-hydroxylation sites is 1. The Morgan fingerprint density at radius 1 is 1.25 bits per heavy atom. The summed E-state index contributed by atoms with van der Waals surface area (Å²) in [7, 11) is 0. The molecule has 0 aliphatic carbocycles. The maximum Gasteiger partial charge on any atom is 0.238 e. The Morgan fingerprint density at radius 2 is 1.90 bits per heavy atom. The van der Waals surface area contributed by atoms with Crippen LogP contribution in [0.25, 0.3) is 0 Å². The molecule has 5 heteroatoms. The SMILES string of the molecule is CC(C)(C)C(=O)NCc1ccccc1NC(=O)CC#N. The Balaban J connectivity index is 2.74. The van der Waals surface area contributed by atoms with Gasteiger partial charge in [-0.3, -0.25) is 9.59 Å². The van der Waals surface area contributed by atoms with Gasteiger partial charge in [-0.05, 0) is 11.6 Å². The first-order chi connectivity index (χ1) is 9.34. The molecule has 0 aromatic heterocycles. The monoisotopic (exact) mass is 273 g/mol. The van der Waals surface area contributed by atoms with Crippen LogP contribution in [-0.4, -0.2) is 11.8 Å². The van der Waals surface area contributed by atoms with E-state index in [0.29, 0.717) is 12.2 Å². The van der Waals surface area contributed by atoms with Gasteiger partial charge in [-0.2, -0.15) is 5.26 Å². The summed E-state index contributed by atoms with van der Waals surface area (Å²) in [6, 6.07) is 8.98. The van der Waals surface area contributed by atoms with Crippen molar-refractivity contribution < 1.29 is 9.59 Å². The molecular formula is C15H19N3O2. The number of hydrogen-bond donors (Lipinski definition) is 2. The number of benzene rings is 1. The summed E-state index contributed by atoms with van der Waals surface area (Å²) in [5.41, 5.74) is 0.956. The van der Waals surface area contributed by atoms with E-state index in [1.807, 2.05) is 32.9 Å². The van der Waals surface area contributed by atoms with Gasteiger partial charge in [0.25, 0.3) is 0 Å². The molecule has 0 heterocycles. The zero-order valence-corrected chi connectivity index (χ0v) is 12.0. The van der Waals surface area contributed by atoms with Gasteiger partial charge in [-0.1, -0.05) is 39.0 Å². The van der Waals surface area contributed by atoms with Crippen molar-refractivity contribution in [2.45, 2.75) is 33.7 Å². The van der Waals surface area contributed by atoms with E-state index in [1.54, 1.807) is 18.2 Å². The number of nitrogens with one attached hydrogen (secondary N) is 2. The summed E-state index contributed by atoms with van der Waals surface area (Å²) in [6.07, 6.45) is -0.192. The smallest absolute Gasteiger partial charge is 0.238 e. The number of carbonyl (C=O) groups is 2. The van der Waals surface area contributed by atoms with Crippen LogP contribution in [0.15, 0.2) is 24.3 Å². The molecule has 20 heavy (non-hydrogen) atoms. The number of nitrogens with zero attached hydrogens (tertiary/aromatic N) is 1. The number of amides is 2. The van der Waals surface area contributed by atoms with Crippen molar-refractivity contribution in [3.8, 4) is 6.07 Å². The maximum atomic E-state index is 11.8. The number of hydrogen-bond acceptors (Lipinski definition) is 3. The van der Waals surface area contributed by atoms with E-state index < -0.39 is 5.41 Å². The zero-order valence-electron chi connectivity index (χ0n) is 12.0. The molecule has 0 radical (unpaired) electrons. The second kappa shape index (κ2) is 6.71. The molecule has 2 amide bonds. The van der Waals surface area contributed by atoms with Crippen LogP contribution in [0.3, 0.4) is 0 Å². The van der Waals surface area contributed by atoms with Crippen LogP contribution < -0.4 is 10.6 Å². The highest BCUT2D eigenvalue weighted by atomic mass is 16.2. The molecule has 0 saturated carbocycles. The minimum Gasteiger partial charge on any atom is -0.351 e. The van der Waals surface area contributed by atoms with Gasteiger partial charge in [-0.15, -0.1) is 0 Å². The predicted molar refractivity (Wildman–Crippen MR) is 76.6 cm³/mol. The average Bonchev–Trinajstić information content (AvgIpc) is 2.36. The van der Waals surface area contributed by atoms with Gasteiger partial charge in [0, 0.05) is 17.6 Å². The molecule has 0 unspecified atom stereocenters. The van der Waals surface area contributed by atoms with E-state index in [2.05, 4.69) is 10.6 Å². The molecule has 1 rings (SSSR count).